The van der Waals surface area contributed by atoms with Crippen molar-refractivity contribution < 1.29 is 24.3 Å². The van der Waals surface area contributed by atoms with Gasteiger partial charge in [0.1, 0.15) is 5.65 Å². The molecule has 18 heavy (non-hydrogen) atoms. The quantitative estimate of drug-likeness (QED) is 0.731. The van der Waals surface area contributed by atoms with Gasteiger partial charge in [0, 0.05) is 18.0 Å². The van der Waals surface area contributed by atoms with Gasteiger partial charge in [-0.3, -0.25) is 4.57 Å². The summed E-state index contributed by atoms with van der Waals surface area (Å²) in [5.74, 6) is -1.18. The highest BCUT2D eigenvalue weighted by atomic mass is 35.5. The Morgan fingerprint density at radius 3 is 2.67 bits per heavy atom. The lowest BCUT2D eigenvalue weighted by atomic mass is 10.3. The molecule has 0 amide bonds. The molecule has 0 aromatic carbocycles. The number of aromatic carboxylic acids is 1. The van der Waals surface area contributed by atoms with E-state index >= 15 is 0 Å². The van der Waals surface area contributed by atoms with Gasteiger partial charge < -0.3 is 19.3 Å². The maximum Gasteiger partial charge on any atom is 0.356 e. The van der Waals surface area contributed by atoms with Crippen LogP contribution in [0.15, 0.2) is 24.5 Å². The molecule has 0 aliphatic carbocycles. The minimum absolute atomic E-state index is 0. The predicted octanol–water partition coefficient (Wildman–Crippen LogP) is 1.13. The number of aromatic nitrogens is 2. The third-order valence-electron chi connectivity index (χ3n) is 2.16. The van der Waals surface area contributed by atoms with Crippen molar-refractivity contribution in [2.24, 2.45) is 0 Å². The second-order valence-corrected chi connectivity index (χ2v) is 5.16. The Balaban J connectivity index is 0.00000162. The summed E-state index contributed by atoms with van der Waals surface area (Å²) in [7, 11) is -4.21. The summed E-state index contributed by atoms with van der Waals surface area (Å²) in [6.07, 6.45) is 2.40. The van der Waals surface area contributed by atoms with Gasteiger partial charge in [-0.25, -0.2) is 9.78 Å². The van der Waals surface area contributed by atoms with E-state index in [0.717, 1.165) is 0 Å². The Bertz CT molecular complexity index is 635. The molecule has 9 heteroatoms. The predicted molar refractivity (Wildman–Crippen MR) is 65.1 cm³/mol. The molecule has 0 saturated heterocycles. The fourth-order valence-corrected chi connectivity index (χ4v) is 2.21. The molecular weight excluding hydrogens is 283 g/mol. The molecule has 7 nitrogen and oxygen atoms in total. The van der Waals surface area contributed by atoms with Crippen LogP contribution >= 0.6 is 20.0 Å². The fourth-order valence-electron chi connectivity index (χ4n) is 1.52. The lowest BCUT2D eigenvalue weighted by Gasteiger charge is -2.04. The SMILES string of the molecule is Cl.O=C(O)c1cn2cccc(CP(=O)(O)O)c2n1. The van der Waals surface area contributed by atoms with E-state index < -0.39 is 19.7 Å². The summed E-state index contributed by atoms with van der Waals surface area (Å²) in [6.45, 7) is 0. The fraction of sp³-hybridized carbons (Fsp3) is 0.111. The molecule has 0 aliphatic rings. The number of halogens is 1. The molecule has 3 N–H and O–H groups in total. The molecule has 0 atom stereocenters. The number of imidazole rings is 1. The second-order valence-electron chi connectivity index (χ2n) is 3.52. The molecule has 0 unspecified atom stereocenters. The van der Waals surface area contributed by atoms with Crippen LogP contribution in [0, 0.1) is 0 Å². The number of pyridine rings is 1. The number of hydrogen-bond acceptors (Lipinski definition) is 3. The van der Waals surface area contributed by atoms with Crippen LogP contribution in [0.5, 0.6) is 0 Å². The topological polar surface area (TPSA) is 112 Å². The van der Waals surface area contributed by atoms with Crippen molar-refractivity contribution >= 4 is 31.6 Å². The highest BCUT2D eigenvalue weighted by Crippen LogP contribution is 2.39. The van der Waals surface area contributed by atoms with Crippen LogP contribution < -0.4 is 0 Å². The first kappa shape index (κ1) is 14.7. The molecule has 0 spiro atoms. The van der Waals surface area contributed by atoms with E-state index in [1.165, 1.54) is 16.7 Å². The van der Waals surface area contributed by atoms with Gasteiger partial charge in [-0.15, -0.1) is 12.4 Å². The first-order chi connectivity index (χ1) is 7.87. The molecule has 0 aliphatic heterocycles. The molecule has 2 aromatic heterocycles. The van der Waals surface area contributed by atoms with Crippen molar-refractivity contribution in [3.05, 3.63) is 35.8 Å². The Kier molecular flexibility index (Phi) is 4.13. The Labute approximate surface area is 108 Å². The van der Waals surface area contributed by atoms with Crippen LogP contribution in [0.2, 0.25) is 0 Å². The maximum absolute atomic E-state index is 10.9. The number of carbonyl (C=O) groups is 1. The van der Waals surface area contributed by atoms with Gasteiger partial charge in [-0.1, -0.05) is 6.07 Å². The summed E-state index contributed by atoms with van der Waals surface area (Å²) < 4.78 is 12.4. The Morgan fingerprint density at radius 2 is 2.11 bits per heavy atom. The monoisotopic (exact) mass is 292 g/mol. The van der Waals surface area contributed by atoms with Gasteiger partial charge in [-0.05, 0) is 6.07 Å². The highest BCUT2D eigenvalue weighted by molar-refractivity contribution is 7.50. The minimum Gasteiger partial charge on any atom is -0.476 e. The second kappa shape index (κ2) is 5.07. The van der Waals surface area contributed by atoms with Crippen molar-refractivity contribution in [2.75, 3.05) is 0 Å². The number of carboxylic acid groups (broad SMARTS) is 1. The minimum atomic E-state index is -4.21. The zero-order valence-corrected chi connectivity index (χ0v) is 10.6. The van der Waals surface area contributed by atoms with Crippen LogP contribution in [0.1, 0.15) is 16.1 Å². The average Bonchev–Trinajstić information content (AvgIpc) is 2.60. The van der Waals surface area contributed by atoms with Gasteiger partial charge in [0.2, 0.25) is 0 Å². The lowest BCUT2D eigenvalue weighted by molar-refractivity contribution is 0.0691. The number of rotatable bonds is 3. The standard InChI is InChI=1S/C9H9N2O5P.ClH/c12-9(13)7-4-11-3-1-2-6(8(11)10-7)5-17(14,15)16;/h1-4H,5H2,(H,12,13)(H2,14,15,16);1H. The molecule has 0 bridgehead atoms. The van der Waals surface area contributed by atoms with Crippen LogP contribution in [-0.2, 0) is 10.7 Å². The van der Waals surface area contributed by atoms with Gasteiger partial charge >= 0.3 is 13.6 Å². The zero-order valence-electron chi connectivity index (χ0n) is 8.92. The molecule has 98 valence electrons. The van der Waals surface area contributed by atoms with Crippen molar-refractivity contribution in [3.8, 4) is 0 Å². The number of carboxylic acids is 1. The normalized spacial score (nSPS) is 11.2. The van der Waals surface area contributed by atoms with Crippen LogP contribution in [0.4, 0.5) is 0 Å². The summed E-state index contributed by atoms with van der Waals surface area (Å²) in [4.78, 5) is 32.4. The van der Waals surface area contributed by atoms with E-state index in [-0.39, 0.29) is 23.7 Å². The number of nitrogens with zero attached hydrogens (tertiary/aromatic N) is 2. The molecule has 2 heterocycles. The van der Waals surface area contributed by atoms with Crippen molar-refractivity contribution in [1.29, 1.82) is 0 Å². The van der Waals surface area contributed by atoms with Crippen LogP contribution in [-0.4, -0.2) is 30.2 Å². The summed E-state index contributed by atoms with van der Waals surface area (Å²) in [5, 5.41) is 8.78. The van der Waals surface area contributed by atoms with Crippen molar-refractivity contribution in [3.63, 3.8) is 0 Å². The largest absolute Gasteiger partial charge is 0.476 e. The molecular formula is C9H10ClN2O5P. The van der Waals surface area contributed by atoms with Crippen molar-refractivity contribution in [1.82, 2.24) is 9.38 Å². The smallest absolute Gasteiger partial charge is 0.356 e. The van der Waals surface area contributed by atoms with Crippen LogP contribution in [0.3, 0.4) is 0 Å². The summed E-state index contributed by atoms with van der Waals surface area (Å²) in [6, 6.07) is 3.08. The molecule has 0 saturated carbocycles. The van der Waals surface area contributed by atoms with Gasteiger partial charge in [0.05, 0.1) is 6.16 Å². The molecule has 0 fully saturated rings. The van der Waals surface area contributed by atoms with E-state index in [1.54, 1.807) is 12.3 Å². The number of hydrogen-bond donors (Lipinski definition) is 3. The Hall–Kier alpha value is -1.40. The van der Waals surface area contributed by atoms with E-state index in [1.807, 2.05) is 0 Å². The third kappa shape index (κ3) is 3.08. The first-order valence-electron chi connectivity index (χ1n) is 4.61. The summed E-state index contributed by atoms with van der Waals surface area (Å²) >= 11 is 0. The first-order valence-corrected chi connectivity index (χ1v) is 6.41. The van der Waals surface area contributed by atoms with E-state index in [0.29, 0.717) is 5.56 Å². The van der Waals surface area contributed by atoms with Crippen LogP contribution in [0.25, 0.3) is 5.65 Å². The van der Waals surface area contributed by atoms with E-state index in [9.17, 15) is 9.36 Å². The molecule has 2 aromatic rings. The van der Waals surface area contributed by atoms with E-state index in [4.69, 9.17) is 14.9 Å². The van der Waals surface area contributed by atoms with Gasteiger partial charge in [-0.2, -0.15) is 0 Å². The average molecular weight is 293 g/mol. The zero-order chi connectivity index (χ0) is 12.6. The van der Waals surface area contributed by atoms with Crippen molar-refractivity contribution in [2.45, 2.75) is 6.16 Å². The maximum atomic E-state index is 10.9. The summed E-state index contributed by atoms with van der Waals surface area (Å²) in [5.41, 5.74) is 0.393. The lowest BCUT2D eigenvalue weighted by Crippen LogP contribution is -1.95. The van der Waals surface area contributed by atoms with Gasteiger partial charge in [0.25, 0.3) is 0 Å². The third-order valence-corrected chi connectivity index (χ3v) is 2.91. The Morgan fingerprint density at radius 1 is 1.44 bits per heavy atom. The molecule has 0 radical (unpaired) electrons. The highest BCUT2D eigenvalue weighted by Gasteiger charge is 2.18. The van der Waals surface area contributed by atoms with Gasteiger partial charge in [0.15, 0.2) is 5.69 Å². The molecule has 2 rings (SSSR count). The van der Waals surface area contributed by atoms with E-state index in [2.05, 4.69) is 4.98 Å². The number of fused-ring (bicyclic) bond motifs is 1.